The van der Waals surface area contributed by atoms with Crippen LogP contribution in [-0.4, -0.2) is 31.9 Å². The van der Waals surface area contributed by atoms with E-state index in [0.717, 1.165) is 10.2 Å². The zero-order chi connectivity index (χ0) is 17.6. The number of halogens is 1. The molecule has 2 aromatic carbocycles. The van der Waals surface area contributed by atoms with Crippen LogP contribution in [0, 0.1) is 0 Å². The number of aromatic nitrogens is 4. The van der Waals surface area contributed by atoms with Crippen molar-refractivity contribution < 1.29 is 9.53 Å². The molecule has 128 valence electrons. The predicted molar refractivity (Wildman–Crippen MR) is 98.8 cm³/mol. The van der Waals surface area contributed by atoms with E-state index in [9.17, 15) is 4.79 Å². The quantitative estimate of drug-likeness (QED) is 0.615. The maximum absolute atomic E-state index is 12.0. The highest BCUT2D eigenvalue weighted by Gasteiger charge is 2.08. The minimum atomic E-state index is -0.130. The highest BCUT2D eigenvalue weighted by atomic mass is 79.9. The molecule has 1 amide bonds. The van der Waals surface area contributed by atoms with Crippen molar-refractivity contribution in [2.24, 2.45) is 7.05 Å². The molecular weight excluding hydrogens is 406 g/mol. The highest BCUT2D eigenvalue weighted by molar-refractivity contribution is 9.10. The Bertz CT molecular complexity index is 852. The molecule has 0 aliphatic heterocycles. The van der Waals surface area contributed by atoms with Crippen LogP contribution in [0.15, 0.2) is 58.2 Å². The minimum Gasteiger partial charge on any atom is -0.457 e. The number of tetrazole rings is 1. The van der Waals surface area contributed by atoms with Crippen molar-refractivity contribution in [3.63, 3.8) is 0 Å². The molecule has 1 aromatic heterocycles. The van der Waals surface area contributed by atoms with E-state index in [4.69, 9.17) is 4.74 Å². The summed E-state index contributed by atoms with van der Waals surface area (Å²) >= 11 is 4.66. The molecule has 0 fully saturated rings. The lowest BCUT2D eigenvalue weighted by molar-refractivity contribution is -0.113. The fourth-order valence-corrected chi connectivity index (χ4v) is 2.83. The Balaban J connectivity index is 1.52. The third-order valence-electron chi connectivity index (χ3n) is 3.10. The number of anilines is 1. The van der Waals surface area contributed by atoms with E-state index in [2.05, 4.69) is 36.8 Å². The van der Waals surface area contributed by atoms with Gasteiger partial charge in [-0.15, -0.1) is 5.10 Å². The van der Waals surface area contributed by atoms with Gasteiger partial charge in [0.05, 0.1) is 5.75 Å². The molecule has 9 heteroatoms. The van der Waals surface area contributed by atoms with Crippen molar-refractivity contribution in [2.45, 2.75) is 5.16 Å². The third kappa shape index (κ3) is 5.04. The average molecular weight is 420 g/mol. The third-order valence-corrected chi connectivity index (χ3v) is 4.64. The van der Waals surface area contributed by atoms with Gasteiger partial charge < -0.3 is 10.1 Å². The molecule has 0 aliphatic rings. The number of hydrogen-bond acceptors (Lipinski definition) is 6. The Kier molecular flexibility index (Phi) is 5.67. The van der Waals surface area contributed by atoms with Gasteiger partial charge in [-0.2, -0.15) is 0 Å². The standard InChI is InChI=1S/C16H14BrN5O2S/c1-22-16(19-20-21-22)25-10-15(23)18-12-4-8-14(9-5-12)24-13-6-2-11(17)3-7-13/h2-9H,10H2,1H3,(H,18,23). The predicted octanol–water partition coefficient (Wildman–Crippen LogP) is 3.50. The average Bonchev–Trinajstić information content (AvgIpc) is 3.02. The first kappa shape index (κ1) is 17.4. The molecule has 0 radical (unpaired) electrons. The molecule has 0 spiro atoms. The number of ether oxygens (including phenoxy) is 1. The minimum absolute atomic E-state index is 0.130. The van der Waals surface area contributed by atoms with Crippen molar-refractivity contribution in [1.29, 1.82) is 0 Å². The number of aryl methyl sites for hydroxylation is 1. The monoisotopic (exact) mass is 419 g/mol. The summed E-state index contributed by atoms with van der Waals surface area (Å²) in [4.78, 5) is 12.0. The Labute approximate surface area is 156 Å². The maximum atomic E-state index is 12.0. The van der Waals surface area contributed by atoms with Crippen LogP contribution in [0.3, 0.4) is 0 Å². The van der Waals surface area contributed by atoms with Gasteiger partial charge >= 0.3 is 0 Å². The normalized spacial score (nSPS) is 10.5. The lowest BCUT2D eigenvalue weighted by atomic mass is 10.3. The summed E-state index contributed by atoms with van der Waals surface area (Å²) < 4.78 is 8.25. The number of benzene rings is 2. The van der Waals surface area contributed by atoms with Crippen molar-refractivity contribution in [3.05, 3.63) is 53.0 Å². The molecule has 0 bridgehead atoms. The summed E-state index contributed by atoms with van der Waals surface area (Å²) in [6, 6.07) is 14.8. The van der Waals surface area contributed by atoms with Crippen LogP contribution < -0.4 is 10.1 Å². The molecule has 0 atom stereocenters. The Morgan fingerprint density at radius 1 is 1.16 bits per heavy atom. The van der Waals surface area contributed by atoms with Gasteiger partial charge in [-0.25, -0.2) is 4.68 Å². The maximum Gasteiger partial charge on any atom is 0.234 e. The number of hydrogen-bond donors (Lipinski definition) is 1. The van der Waals surface area contributed by atoms with Gasteiger partial charge in [0.2, 0.25) is 11.1 Å². The van der Waals surface area contributed by atoms with Crippen LogP contribution in [0.4, 0.5) is 5.69 Å². The number of amides is 1. The first-order chi connectivity index (χ1) is 12.1. The van der Waals surface area contributed by atoms with Crippen molar-refractivity contribution in [2.75, 3.05) is 11.1 Å². The van der Waals surface area contributed by atoms with Gasteiger partial charge in [0, 0.05) is 17.2 Å². The fraction of sp³-hybridized carbons (Fsp3) is 0.125. The van der Waals surface area contributed by atoms with Crippen LogP contribution in [0.5, 0.6) is 11.5 Å². The smallest absolute Gasteiger partial charge is 0.234 e. The number of nitrogens with zero attached hydrogens (tertiary/aromatic N) is 4. The van der Waals surface area contributed by atoms with Crippen LogP contribution in [0.2, 0.25) is 0 Å². The number of rotatable bonds is 6. The van der Waals surface area contributed by atoms with Crippen LogP contribution in [0.25, 0.3) is 0 Å². The van der Waals surface area contributed by atoms with Gasteiger partial charge in [0.25, 0.3) is 0 Å². The molecule has 0 aliphatic carbocycles. The van der Waals surface area contributed by atoms with Crippen molar-refractivity contribution in [1.82, 2.24) is 20.2 Å². The van der Waals surface area contributed by atoms with Gasteiger partial charge in [0.1, 0.15) is 11.5 Å². The molecule has 1 heterocycles. The Hall–Kier alpha value is -2.39. The Morgan fingerprint density at radius 2 is 1.80 bits per heavy atom. The van der Waals surface area contributed by atoms with Crippen LogP contribution in [-0.2, 0) is 11.8 Å². The SMILES string of the molecule is Cn1nnnc1SCC(=O)Nc1ccc(Oc2ccc(Br)cc2)cc1. The topological polar surface area (TPSA) is 81.9 Å². The molecule has 1 N–H and O–H groups in total. The van der Waals surface area contributed by atoms with Gasteiger partial charge in [-0.3, -0.25) is 4.79 Å². The zero-order valence-corrected chi connectivity index (χ0v) is 15.6. The van der Waals surface area contributed by atoms with Gasteiger partial charge in [0.15, 0.2) is 0 Å². The molecule has 0 saturated carbocycles. The number of nitrogens with one attached hydrogen (secondary N) is 1. The lowest BCUT2D eigenvalue weighted by Crippen LogP contribution is -2.14. The summed E-state index contributed by atoms with van der Waals surface area (Å²) in [5.41, 5.74) is 0.699. The second-order valence-electron chi connectivity index (χ2n) is 5.00. The van der Waals surface area contributed by atoms with E-state index >= 15 is 0 Å². The van der Waals surface area contributed by atoms with Crippen molar-refractivity contribution in [3.8, 4) is 11.5 Å². The molecular formula is C16H14BrN5O2S. The van der Waals surface area contributed by atoms with Crippen LogP contribution >= 0.6 is 27.7 Å². The number of thioether (sulfide) groups is 1. The fourth-order valence-electron chi connectivity index (χ4n) is 1.92. The summed E-state index contributed by atoms with van der Waals surface area (Å²) in [7, 11) is 1.73. The van der Waals surface area contributed by atoms with Crippen LogP contribution in [0.1, 0.15) is 0 Å². The van der Waals surface area contributed by atoms with E-state index in [1.807, 2.05) is 24.3 Å². The largest absolute Gasteiger partial charge is 0.457 e. The molecule has 0 unspecified atom stereocenters. The second-order valence-corrected chi connectivity index (χ2v) is 6.86. The number of carbonyl (C=O) groups is 1. The molecule has 25 heavy (non-hydrogen) atoms. The van der Waals surface area contributed by atoms with Crippen molar-refractivity contribution >= 4 is 39.3 Å². The number of carbonyl (C=O) groups excluding carboxylic acids is 1. The molecule has 3 rings (SSSR count). The highest BCUT2D eigenvalue weighted by Crippen LogP contribution is 2.24. The lowest BCUT2D eigenvalue weighted by Gasteiger charge is -2.08. The molecule has 3 aromatic rings. The van der Waals surface area contributed by atoms with E-state index < -0.39 is 0 Å². The van der Waals surface area contributed by atoms with Gasteiger partial charge in [-0.05, 0) is 59.0 Å². The Morgan fingerprint density at radius 3 is 2.40 bits per heavy atom. The zero-order valence-electron chi connectivity index (χ0n) is 13.2. The van der Waals surface area contributed by atoms with E-state index in [1.54, 1.807) is 31.3 Å². The molecule has 0 saturated heterocycles. The summed E-state index contributed by atoms with van der Waals surface area (Å²) in [6.45, 7) is 0. The first-order valence-electron chi connectivity index (χ1n) is 7.28. The van der Waals surface area contributed by atoms with E-state index in [-0.39, 0.29) is 11.7 Å². The van der Waals surface area contributed by atoms with E-state index in [1.165, 1.54) is 16.4 Å². The van der Waals surface area contributed by atoms with Gasteiger partial charge in [-0.1, -0.05) is 27.7 Å². The summed E-state index contributed by atoms with van der Waals surface area (Å²) in [5.74, 6) is 1.54. The summed E-state index contributed by atoms with van der Waals surface area (Å²) in [5, 5.41) is 14.5. The van der Waals surface area contributed by atoms with E-state index in [0.29, 0.717) is 16.6 Å². The second kappa shape index (κ2) is 8.13. The molecule has 7 nitrogen and oxygen atoms in total. The summed E-state index contributed by atoms with van der Waals surface area (Å²) in [6.07, 6.45) is 0. The first-order valence-corrected chi connectivity index (χ1v) is 9.06.